The predicted molar refractivity (Wildman–Crippen MR) is 0 cm³/mol. The molecular formula is Er3Ru2. The summed E-state index contributed by atoms with van der Waals surface area (Å²) in [6, 6.07) is 0. The minimum absolute atomic E-state index is 0. The normalized spacial score (nSPS) is 0. The van der Waals surface area contributed by atoms with Gasteiger partial charge in [0.2, 0.25) is 0 Å². The largest absolute Gasteiger partial charge is 0 e. The molecule has 5 heteroatoms. The third-order valence-electron chi connectivity index (χ3n) is 0. The molecule has 0 rings (SSSR count). The fourth-order valence-corrected chi connectivity index (χ4v) is 0. The molecule has 0 aromatic heterocycles. The van der Waals surface area contributed by atoms with Crippen molar-refractivity contribution >= 4 is 0 Å². The van der Waals surface area contributed by atoms with Gasteiger partial charge in [-0.25, -0.2) is 0 Å². The maximum absolute atomic E-state index is 0. The second-order valence-electron chi connectivity index (χ2n) is 0. The van der Waals surface area contributed by atoms with Gasteiger partial charge in [-0.05, 0) is 0 Å². The molecule has 0 heterocycles. The van der Waals surface area contributed by atoms with Crippen LogP contribution in [0.5, 0.6) is 0 Å². The molecule has 0 saturated heterocycles. The fourth-order valence-electron chi connectivity index (χ4n) is 0. The van der Waals surface area contributed by atoms with Crippen molar-refractivity contribution in [2.24, 2.45) is 0 Å². The first kappa shape index (κ1) is 32.4. The summed E-state index contributed by atoms with van der Waals surface area (Å²) in [6.45, 7) is 0. The Balaban J connectivity index is 0. The minimum Gasteiger partial charge on any atom is 0 e. The molecule has 0 radical (unpaired) electrons. The summed E-state index contributed by atoms with van der Waals surface area (Å²) >= 11 is 0. The molecule has 0 unspecified atom stereocenters. The Morgan fingerprint density at radius 1 is 0.400 bits per heavy atom. The van der Waals surface area contributed by atoms with E-state index in [1.54, 1.807) is 0 Å². The summed E-state index contributed by atoms with van der Waals surface area (Å²) in [5.41, 5.74) is 0. The van der Waals surface area contributed by atoms with Crippen molar-refractivity contribution in [3.8, 4) is 0 Å². The molecule has 0 amide bonds. The van der Waals surface area contributed by atoms with Gasteiger partial charge < -0.3 is 0 Å². The van der Waals surface area contributed by atoms with E-state index in [0.29, 0.717) is 0 Å². The molecule has 0 fully saturated rings. The van der Waals surface area contributed by atoms with E-state index in [-0.39, 0.29) is 151 Å². The Morgan fingerprint density at radius 2 is 0.400 bits per heavy atom. The Labute approximate surface area is 146 Å². The Hall–Kier alpha value is 4.99. The number of rotatable bonds is 0. The third-order valence-corrected chi connectivity index (χ3v) is 0. The Kier molecular flexibility index (Phi) is 150. The summed E-state index contributed by atoms with van der Waals surface area (Å²) < 4.78 is 0. The number of hydrogen-bond acceptors (Lipinski definition) is 0. The van der Waals surface area contributed by atoms with E-state index in [1.807, 2.05) is 0 Å². The second kappa shape index (κ2) is 23.1. The van der Waals surface area contributed by atoms with Crippen LogP contribution in [0.2, 0.25) is 0 Å². The maximum Gasteiger partial charge on any atom is 0 e. The molecule has 0 nitrogen and oxygen atoms in total. The van der Waals surface area contributed by atoms with Crippen LogP contribution in [-0.4, -0.2) is 0 Å². The van der Waals surface area contributed by atoms with Crippen molar-refractivity contribution in [1.29, 1.82) is 0 Å². The molecule has 5 heavy (non-hydrogen) atoms. The Morgan fingerprint density at radius 3 is 0.400 bits per heavy atom. The predicted octanol–water partition coefficient (Wildman–Crippen LogP) is -0.00500. The van der Waals surface area contributed by atoms with Gasteiger partial charge >= 0.3 is 0 Å². The van der Waals surface area contributed by atoms with Gasteiger partial charge in [-0.2, -0.15) is 0 Å². The van der Waals surface area contributed by atoms with Gasteiger partial charge in [0.05, 0.1) is 0 Å². The Bertz CT molecular complexity index is 4.85. The summed E-state index contributed by atoms with van der Waals surface area (Å²) in [5.74, 6) is 0. The van der Waals surface area contributed by atoms with Gasteiger partial charge in [-0.1, -0.05) is 0 Å². The zero-order valence-corrected chi connectivity index (χ0v) is 10.6. The van der Waals surface area contributed by atoms with Crippen LogP contribution in [0.4, 0.5) is 0 Å². The second-order valence-corrected chi connectivity index (χ2v) is 0. The topological polar surface area (TPSA) is 0 Å². The van der Waals surface area contributed by atoms with E-state index < -0.39 is 0 Å². The van der Waals surface area contributed by atoms with Gasteiger partial charge in [0, 0.05) is 151 Å². The molecule has 0 aromatic rings. The van der Waals surface area contributed by atoms with Gasteiger partial charge in [0.1, 0.15) is 0 Å². The zero-order chi connectivity index (χ0) is 0. The van der Waals surface area contributed by atoms with E-state index in [0.717, 1.165) is 0 Å². The van der Waals surface area contributed by atoms with Crippen molar-refractivity contribution in [1.82, 2.24) is 0 Å². The summed E-state index contributed by atoms with van der Waals surface area (Å²) in [7, 11) is 0. The average molecular weight is 704 g/mol. The van der Waals surface area contributed by atoms with E-state index in [2.05, 4.69) is 0 Å². The maximum atomic E-state index is 0. The standard InChI is InChI=1S/3Er.2Ru. The third kappa shape index (κ3) is 17.6. The van der Waals surface area contributed by atoms with Crippen LogP contribution in [0.1, 0.15) is 0 Å². The van der Waals surface area contributed by atoms with E-state index in [4.69, 9.17) is 0 Å². The van der Waals surface area contributed by atoms with Crippen molar-refractivity contribution < 1.29 is 151 Å². The van der Waals surface area contributed by atoms with Gasteiger partial charge in [-0.15, -0.1) is 0 Å². The van der Waals surface area contributed by atoms with Crippen molar-refractivity contribution in [3.05, 3.63) is 0 Å². The van der Waals surface area contributed by atoms with Gasteiger partial charge in [0.25, 0.3) is 0 Å². The van der Waals surface area contributed by atoms with Crippen LogP contribution in [-0.2, 0) is 39.0 Å². The molecule has 0 aromatic carbocycles. The molecule has 0 aliphatic carbocycles. The number of hydrogen-bond donors (Lipinski definition) is 0. The molecule has 0 spiro atoms. The quantitative estimate of drug-likeness (QED) is 0.312. The first-order chi connectivity index (χ1) is 0. The summed E-state index contributed by atoms with van der Waals surface area (Å²) in [4.78, 5) is 0. The van der Waals surface area contributed by atoms with Gasteiger partial charge in [0.15, 0.2) is 0 Å². The van der Waals surface area contributed by atoms with E-state index in [9.17, 15) is 0 Å². The van der Waals surface area contributed by atoms with Crippen LogP contribution >= 0.6 is 0 Å². The van der Waals surface area contributed by atoms with E-state index >= 15 is 0 Å². The van der Waals surface area contributed by atoms with Gasteiger partial charge in [-0.3, -0.25) is 0 Å². The molecule has 0 saturated carbocycles. The molecule has 0 aliphatic heterocycles. The first-order valence-corrected chi connectivity index (χ1v) is 0. The molecule has 0 aliphatic rings. The van der Waals surface area contributed by atoms with Crippen molar-refractivity contribution in [2.45, 2.75) is 0 Å². The van der Waals surface area contributed by atoms with Crippen molar-refractivity contribution in [3.63, 3.8) is 0 Å². The van der Waals surface area contributed by atoms with Crippen LogP contribution in [0, 0.1) is 112 Å². The average Bonchev–Trinajstić information content (AvgIpc) is 0. The van der Waals surface area contributed by atoms with Crippen LogP contribution in [0.3, 0.4) is 0 Å². The van der Waals surface area contributed by atoms with Crippen LogP contribution < -0.4 is 0 Å². The molecule has 0 atom stereocenters. The van der Waals surface area contributed by atoms with E-state index in [1.165, 1.54) is 0 Å². The summed E-state index contributed by atoms with van der Waals surface area (Å²) in [5, 5.41) is 0. The molecular weight excluding hydrogens is 704 g/mol. The smallest absolute Gasteiger partial charge is 0 e. The summed E-state index contributed by atoms with van der Waals surface area (Å²) in [6.07, 6.45) is 0. The van der Waals surface area contributed by atoms with Crippen LogP contribution in [0.25, 0.3) is 0 Å². The monoisotopic (exact) mass is 702 g/mol. The first-order valence-electron chi connectivity index (χ1n) is 0. The zero-order valence-electron chi connectivity index (χ0n) is 1.57. The molecule has 0 bridgehead atoms. The SMILES string of the molecule is [Er].[Er].[Er].[Ru].[Ru]. The molecule has 52 valence electrons. The fraction of sp³-hybridized carbons (Fsp3) is 0. The van der Waals surface area contributed by atoms with Crippen molar-refractivity contribution in [2.75, 3.05) is 0 Å². The van der Waals surface area contributed by atoms with Crippen LogP contribution in [0.15, 0.2) is 0 Å². The minimum atomic E-state index is 0. The molecule has 0 N–H and O–H groups in total.